The lowest BCUT2D eigenvalue weighted by atomic mass is 9.95. The number of benzene rings is 3. The third-order valence-corrected chi connectivity index (χ3v) is 8.99. The normalized spacial score (nSPS) is 14.5. The van der Waals surface area contributed by atoms with Gasteiger partial charge in [-0.15, -0.1) is 0 Å². The summed E-state index contributed by atoms with van der Waals surface area (Å²) in [7, 11) is 3.07. The summed E-state index contributed by atoms with van der Waals surface area (Å²) in [6.07, 6.45) is 1.67. The van der Waals surface area contributed by atoms with Crippen LogP contribution in [0.2, 0.25) is 0 Å². The Kier molecular flexibility index (Phi) is 10.7. The minimum Gasteiger partial charge on any atom is -0.493 e. The number of carbonyl (C=O) groups excluding carboxylic acids is 1. The molecule has 1 aromatic heterocycles. The van der Waals surface area contributed by atoms with Gasteiger partial charge in [-0.3, -0.25) is 9.36 Å². The van der Waals surface area contributed by atoms with Gasteiger partial charge in [0.25, 0.3) is 5.56 Å². The van der Waals surface area contributed by atoms with Crippen LogP contribution < -0.4 is 33.8 Å². The number of hydrogen-bond donors (Lipinski definition) is 0. The number of hydrogen-bond acceptors (Lipinski definition) is 9. The van der Waals surface area contributed by atoms with E-state index in [0.29, 0.717) is 54.7 Å². The number of aromatic nitrogens is 1. The minimum atomic E-state index is -0.817. The predicted octanol–water partition coefficient (Wildman–Crippen LogP) is 5.93. The Morgan fingerprint density at radius 1 is 1.09 bits per heavy atom. The molecule has 0 fully saturated rings. The first kappa shape index (κ1) is 34.2. The first-order valence-corrected chi connectivity index (χ1v) is 16.7. The van der Waals surface area contributed by atoms with Crippen LogP contribution in [-0.4, -0.2) is 37.5 Å². The van der Waals surface area contributed by atoms with Gasteiger partial charge in [0.05, 0.1) is 52.3 Å². The molecule has 2 heterocycles. The Hall–Kier alpha value is -4.17. The average molecular weight is 773 g/mol. The topological polar surface area (TPSA) is 97.6 Å². The van der Waals surface area contributed by atoms with E-state index in [0.717, 1.165) is 3.57 Å². The lowest BCUT2D eigenvalue weighted by Crippen LogP contribution is -2.40. The van der Waals surface area contributed by atoms with Crippen molar-refractivity contribution in [2.75, 3.05) is 20.8 Å². The number of ether oxygens (including phenoxy) is 5. The Bertz CT molecular complexity index is 2040. The van der Waals surface area contributed by atoms with Crippen LogP contribution in [0.15, 0.2) is 75.7 Å². The van der Waals surface area contributed by atoms with E-state index in [4.69, 9.17) is 23.7 Å². The van der Waals surface area contributed by atoms with Crippen LogP contribution in [-0.2, 0) is 16.1 Å². The van der Waals surface area contributed by atoms with Crippen LogP contribution in [0.5, 0.6) is 23.0 Å². The summed E-state index contributed by atoms with van der Waals surface area (Å²) in [4.78, 5) is 32.6. The average Bonchev–Trinajstić information content (AvgIpc) is 3.33. The molecule has 1 aliphatic heterocycles. The summed E-state index contributed by atoms with van der Waals surface area (Å²) in [5, 5.41) is 0. The van der Waals surface area contributed by atoms with Crippen molar-refractivity contribution in [1.29, 1.82) is 0 Å². The molecule has 0 N–H and O–H groups in total. The molecule has 3 aromatic carbocycles. The number of methoxy groups -OCH3 is 2. The van der Waals surface area contributed by atoms with Crippen molar-refractivity contribution in [1.82, 2.24) is 4.57 Å². The molecule has 5 rings (SSSR count). The number of carbonyl (C=O) groups is 1. The van der Waals surface area contributed by atoms with Crippen molar-refractivity contribution in [3.8, 4) is 23.0 Å². The lowest BCUT2D eigenvalue weighted by molar-refractivity contribution is -0.139. The maximum absolute atomic E-state index is 14.2. The number of thiazole rings is 1. The number of fused-ring (bicyclic) bond motifs is 1. The van der Waals surface area contributed by atoms with Crippen molar-refractivity contribution < 1.29 is 32.9 Å². The van der Waals surface area contributed by atoms with Gasteiger partial charge in [0.2, 0.25) is 0 Å². The molecule has 0 radical (unpaired) electrons. The Balaban J connectivity index is 1.60. The van der Waals surface area contributed by atoms with Gasteiger partial charge in [0, 0.05) is 0 Å². The van der Waals surface area contributed by atoms with Gasteiger partial charge in [-0.1, -0.05) is 29.5 Å². The molecule has 0 saturated heterocycles. The molecule has 4 aromatic rings. The quantitative estimate of drug-likeness (QED) is 0.138. The zero-order chi connectivity index (χ0) is 33.8. The predicted molar refractivity (Wildman–Crippen MR) is 186 cm³/mol. The standard InChI is InChI=1S/C35H34FIN2O7S/c1-7-44-34(41)30-20(4)38-35-39(31(30)23-11-12-26(46-19(2)3)27(17-23)42-5)33(40)29(47-35)16-22-14-25(37)32(28(15-22)43-6)45-18-21-9-8-10-24(36)13-21/h8-17,19,31H,7,18H2,1-6H3/b29-16-/t31-/m1/s1. The molecule has 0 unspecified atom stereocenters. The summed E-state index contributed by atoms with van der Waals surface area (Å²) in [5.74, 6) is 1.09. The van der Waals surface area contributed by atoms with Crippen LogP contribution in [0.25, 0.3) is 6.08 Å². The first-order valence-electron chi connectivity index (χ1n) is 14.8. The maximum atomic E-state index is 14.2. The van der Waals surface area contributed by atoms with E-state index in [2.05, 4.69) is 27.6 Å². The maximum Gasteiger partial charge on any atom is 0.338 e. The molecule has 0 amide bonds. The second-order valence-corrected chi connectivity index (χ2v) is 13.0. The first-order chi connectivity index (χ1) is 22.5. The highest BCUT2D eigenvalue weighted by Crippen LogP contribution is 2.37. The molecular weight excluding hydrogens is 738 g/mol. The van der Waals surface area contributed by atoms with E-state index in [1.165, 1.54) is 35.1 Å². The number of allylic oxidation sites excluding steroid dienone is 1. The highest BCUT2D eigenvalue weighted by Gasteiger charge is 2.34. The zero-order valence-electron chi connectivity index (χ0n) is 26.8. The van der Waals surface area contributed by atoms with E-state index in [1.54, 1.807) is 57.4 Å². The number of esters is 1. The fourth-order valence-electron chi connectivity index (χ4n) is 5.21. The number of nitrogens with zero attached hydrogens (tertiary/aromatic N) is 2. The summed E-state index contributed by atoms with van der Waals surface area (Å²) in [6, 6.07) is 14.4. The van der Waals surface area contributed by atoms with Crippen LogP contribution in [0.3, 0.4) is 0 Å². The summed E-state index contributed by atoms with van der Waals surface area (Å²) >= 11 is 3.36. The van der Waals surface area contributed by atoms with Crippen LogP contribution in [0.4, 0.5) is 4.39 Å². The van der Waals surface area contributed by atoms with Gasteiger partial charge >= 0.3 is 5.97 Å². The van der Waals surface area contributed by atoms with Crippen LogP contribution >= 0.6 is 33.9 Å². The van der Waals surface area contributed by atoms with Gasteiger partial charge in [-0.25, -0.2) is 14.2 Å². The SMILES string of the molecule is CCOC(=O)C1=C(C)N=c2s/c(=C\c3cc(I)c(OCc4cccc(F)c4)c(OC)c3)c(=O)n2[C@@H]1c1ccc(OC(C)C)c(OC)c1. The van der Waals surface area contributed by atoms with E-state index in [9.17, 15) is 14.0 Å². The molecule has 0 spiro atoms. The van der Waals surface area contributed by atoms with E-state index in [1.807, 2.05) is 26.0 Å². The number of rotatable bonds is 11. The zero-order valence-corrected chi connectivity index (χ0v) is 29.7. The van der Waals surface area contributed by atoms with Crippen LogP contribution in [0, 0.1) is 9.39 Å². The van der Waals surface area contributed by atoms with Crippen molar-refractivity contribution in [2.45, 2.75) is 46.4 Å². The molecule has 0 bridgehead atoms. The van der Waals surface area contributed by atoms with Gasteiger partial charge in [0.15, 0.2) is 27.8 Å². The van der Waals surface area contributed by atoms with Gasteiger partial charge in [0.1, 0.15) is 12.4 Å². The van der Waals surface area contributed by atoms with E-state index < -0.39 is 12.0 Å². The Labute approximate surface area is 289 Å². The minimum absolute atomic E-state index is 0.0830. The largest absolute Gasteiger partial charge is 0.493 e. The lowest BCUT2D eigenvalue weighted by Gasteiger charge is -2.25. The number of halogens is 2. The van der Waals surface area contributed by atoms with Crippen molar-refractivity contribution in [2.24, 2.45) is 4.99 Å². The molecule has 47 heavy (non-hydrogen) atoms. The van der Waals surface area contributed by atoms with Crippen molar-refractivity contribution in [3.05, 3.63) is 112 Å². The van der Waals surface area contributed by atoms with Crippen molar-refractivity contribution >= 4 is 46.0 Å². The van der Waals surface area contributed by atoms with Gasteiger partial charge < -0.3 is 23.7 Å². The summed E-state index contributed by atoms with van der Waals surface area (Å²) in [5.41, 5.74) is 2.41. The van der Waals surface area contributed by atoms with Crippen LogP contribution in [0.1, 0.15) is 50.4 Å². The monoisotopic (exact) mass is 772 g/mol. The van der Waals surface area contributed by atoms with E-state index in [-0.39, 0.29) is 36.3 Å². The molecular formula is C35H34FIN2O7S. The Morgan fingerprint density at radius 3 is 2.53 bits per heavy atom. The van der Waals surface area contributed by atoms with Gasteiger partial charge in [-0.05, 0) is 109 Å². The molecule has 0 aliphatic carbocycles. The smallest absolute Gasteiger partial charge is 0.338 e. The fraction of sp³-hybridized carbons (Fsp3) is 0.286. The highest BCUT2D eigenvalue weighted by atomic mass is 127. The third kappa shape index (κ3) is 7.38. The third-order valence-electron chi connectivity index (χ3n) is 7.20. The second kappa shape index (κ2) is 14.7. The summed E-state index contributed by atoms with van der Waals surface area (Å²) < 4.78 is 44.9. The Morgan fingerprint density at radius 2 is 1.85 bits per heavy atom. The molecule has 0 saturated carbocycles. The fourth-order valence-corrected chi connectivity index (χ4v) is 7.04. The molecule has 12 heteroatoms. The van der Waals surface area contributed by atoms with Gasteiger partial charge in [-0.2, -0.15) is 0 Å². The summed E-state index contributed by atoms with van der Waals surface area (Å²) in [6.45, 7) is 7.62. The molecule has 1 aliphatic rings. The second-order valence-electron chi connectivity index (χ2n) is 10.8. The molecule has 246 valence electrons. The molecule has 1 atom stereocenters. The highest BCUT2D eigenvalue weighted by molar-refractivity contribution is 14.1. The van der Waals surface area contributed by atoms with E-state index >= 15 is 0 Å². The van der Waals surface area contributed by atoms with Crippen molar-refractivity contribution in [3.63, 3.8) is 0 Å². The molecule has 9 nitrogen and oxygen atoms in total.